The van der Waals surface area contributed by atoms with Crippen molar-refractivity contribution in [1.82, 2.24) is 15.0 Å². The average molecular weight is 740 g/mol. The molecule has 0 fully saturated rings. The van der Waals surface area contributed by atoms with Crippen LogP contribution in [0.5, 0.6) is 0 Å². The highest BCUT2D eigenvalue weighted by atomic mass is 16.3. The smallest absolute Gasteiger partial charge is 0.164 e. The van der Waals surface area contributed by atoms with E-state index >= 15 is 0 Å². The monoisotopic (exact) mass is 739 g/mol. The Morgan fingerprint density at radius 1 is 0.328 bits per heavy atom. The maximum atomic E-state index is 6.56. The first kappa shape index (κ1) is 32.5. The molecule has 270 valence electrons. The Bertz CT molecular complexity index is 3440. The van der Waals surface area contributed by atoms with Crippen molar-refractivity contribution in [2.45, 2.75) is 6.42 Å². The lowest BCUT2D eigenvalue weighted by molar-refractivity contribution is 0.669. The van der Waals surface area contributed by atoms with E-state index in [1.165, 1.54) is 44.0 Å². The second-order valence-electron chi connectivity index (χ2n) is 15.1. The van der Waals surface area contributed by atoms with Crippen molar-refractivity contribution in [2.75, 3.05) is 0 Å². The zero-order valence-electron chi connectivity index (χ0n) is 31.4. The molecule has 0 saturated carbocycles. The van der Waals surface area contributed by atoms with Gasteiger partial charge in [0, 0.05) is 27.5 Å². The highest BCUT2D eigenvalue weighted by Gasteiger charge is 2.26. The number of benzene rings is 9. The number of nitrogens with zero attached hydrogens (tertiary/aromatic N) is 3. The molecule has 9 aromatic carbocycles. The number of hydrogen-bond acceptors (Lipinski definition) is 4. The third-order valence-corrected chi connectivity index (χ3v) is 11.8. The van der Waals surface area contributed by atoms with E-state index in [0.29, 0.717) is 17.5 Å². The second kappa shape index (κ2) is 12.9. The van der Waals surface area contributed by atoms with Crippen molar-refractivity contribution in [3.63, 3.8) is 0 Å². The summed E-state index contributed by atoms with van der Waals surface area (Å²) < 4.78 is 6.56. The van der Waals surface area contributed by atoms with Crippen LogP contribution in [-0.4, -0.2) is 15.0 Å². The minimum absolute atomic E-state index is 0.594. The van der Waals surface area contributed by atoms with E-state index in [2.05, 4.69) is 164 Å². The van der Waals surface area contributed by atoms with Gasteiger partial charge in [-0.25, -0.2) is 15.0 Å². The number of hydrogen-bond donors (Lipinski definition) is 0. The third kappa shape index (κ3) is 5.12. The molecule has 12 rings (SSSR count). The highest BCUT2D eigenvalue weighted by molar-refractivity contribution is 6.17. The van der Waals surface area contributed by atoms with Crippen molar-refractivity contribution >= 4 is 43.5 Å². The number of furan rings is 1. The van der Waals surface area contributed by atoms with Crippen LogP contribution in [0, 0.1) is 0 Å². The molecule has 0 unspecified atom stereocenters. The Hall–Kier alpha value is -7.69. The Morgan fingerprint density at radius 2 is 0.879 bits per heavy atom. The zero-order chi connectivity index (χ0) is 38.2. The van der Waals surface area contributed by atoms with E-state index in [-0.39, 0.29) is 0 Å². The van der Waals surface area contributed by atoms with Gasteiger partial charge in [0.15, 0.2) is 17.5 Å². The summed E-state index contributed by atoms with van der Waals surface area (Å²) in [6.07, 6.45) is 0.862. The summed E-state index contributed by atoms with van der Waals surface area (Å²) in [7, 11) is 0. The molecule has 1 aliphatic rings. The first-order chi connectivity index (χ1) is 28.7. The molecule has 11 aromatic rings. The fourth-order valence-corrected chi connectivity index (χ4v) is 9.14. The van der Waals surface area contributed by atoms with Gasteiger partial charge < -0.3 is 4.42 Å². The predicted octanol–water partition coefficient (Wildman–Crippen LogP) is 14.0. The molecule has 0 bridgehead atoms. The van der Waals surface area contributed by atoms with Crippen LogP contribution in [0.25, 0.3) is 111 Å². The number of aromatic nitrogens is 3. The van der Waals surface area contributed by atoms with Crippen molar-refractivity contribution in [2.24, 2.45) is 0 Å². The van der Waals surface area contributed by atoms with Crippen LogP contribution in [0.3, 0.4) is 0 Å². The predicted molar refractivity (Wildman–Crippen MR) is 238 cm³/mol. The van der Waals surface area contributed by atoms with Gasteiger partial charge in [-0.05, 0) is 90.7 Å². The largest absolute Gasteiger partial charge is 0.456 e. The summed E-state index contributed by atoms with van der Waals surface area (Å²) >= 11 is 0. The molecule has 2 heterocycles. The molecule has 4 nitrogen and oxygen atoms in total. The molecule has 4 heteroatoms. The van der Waals surface area contributed by atoms with Crippen molar-refractivity contribution in [1.29, 1.82) is 0 Å². The Labute approximate surface area is 334 Å². The van der Waals surface area contributed by atoms with Gasteiger partial charge >= 0.3 is 0 Å². The molecule has 58 heavy (non-hydrogen) atoms. The van der Waals surface area contributed by atoms with Crippen LogP contribution >= 0.6 is 0 Å². The Balaban J connectivity index is 1.09. The van der Waals surface area contributed by atoms with Crippen LogP contribution in [0.15, 0.2) is 192 Å². The van der Waals surface area contributed by atoms with Crippen LogP contribution in [-0.2, 0) is 6.42 Å². The van der Waals surface area contributed by atoms with E-state index < -0.39 is 0 Å². The summed E-state index contributed by atoms with van der Waals surface area (Å²) in [5.74, 6) is 1.83. The van der Waals surface area contributed by atoms with Gasteiger partial charge in [0.1, 0.15) is 11.2 Å². The minimum atomic E-state index is 0.594. The molecule has 0 radical (unpaired) electrons. The first-order valence-electron chi connectivity index (χ1n) is 19.7. The van der Waals surface area contributed by atoms with E-state index in [4.69, 9.17) is 19.4 Å². The summed E-state index contributed by atoms with van der Waals surface area (Å²) in [6, 6.07) is 66.3. The molecule has 2 aromatic heterocycles. The van der Waals surface area contributed by atoms with Gasteiger partial charge in [0.05, 0.1) is 0 Å². The lowest BCUT2D eigenvalue weighted by Crippen LogP contribution is -2.02. The van der Waals surface area contributed by atoms with E-state index in [0.717, 1.165) is 67.1 Å². The summed E-state index contributed by atoms with van der Waals surface area (Å²) in [5, 5.41) is 6.91. The molecule has 0 spiro atoms. The maximum Gasteiger partial charge on any atom is 0.164 e. The third-order valence-electron chi connectivity index (χ3n) is 11.8. The molecule has 0 aliphatic heterocycles. The van der Waals surface area contributed by atoms with E-state index in [9.17, 15) is 0 Å². The number of rotatable bonds is 5. The lowest BCUT2D eigenvalue weighted by Gasteiger charge is -2.15. The van der Waals surface area contributed by atoms with Gasteiger partial charge in [0.25, 0.3) is 0 Å². The fraction of sp³-hybridized carbons (Fsp3) is 0.0185. The zero-order valence-corrected chi connectivity index (χ0v) is 31.4. The molecule has 0 atom stereocenters. The van der Waals surface area contributed by atoms with Crippen molar-refractivity contribution in [3.05, 3.63) is 199 Å². The topological polar surface area (TPSA) is 51.8 Å². The van der Waals surface area contributed by atoms with Gasteiger partial charge in [-0.1, -0.05) is 170 Å². The second-order valence-corrected chi connectivity index (χ2v) is 15.1. The molecular formula is C54H33N3O. The summed E-state index contributed by atoms with van der Waals surface area (Å²) in [6.45, 7) is 0. The average Bonchev–Trinajstić information content (AvgIpc) is 3.88. The molecule has 0 N–H and O–H groups in total. The lowest BCUT2D eigenvalue weighted by atomic mass is 9.92. The fourth-order valence-electron chi connectivity index (χ4n) is 9.14. The quantitative estimate of drug-likeness (QED) is 0.176. The minimum Gasteiger partial charge on any atom is -0.456 e. The molecular weight excluding hydrogens is 707 g/mol. The van der Waals surface area contributed by atoms with E-state index in [1.54, 1.807) is 0 Å². The maximum absolute atomic E-state index is 6.56. The van der Waals surface area contributed by atoms with Crippen LogP contribution < -0.4 is 0 Å². The van der Waals surface area contributed by atoms with Gasteiger partial charge in [-0.15, -0.1) is 0 Å². The summed E-state index contributed by atoms with van der Waals surface area (Å²) in [4.78, 5) is 16.0. The van der Waals surface area contributed by atoms with Crippen LogP contribution in [0.2, 0.25) is 0 Å². The molecule has 0 amide bonds. The van der Waals surface area contributed by atoms with Crippen molar-refractivity contribution in [3.8, 4) is 67.5 Å². The Kier molecular flexibility index (Phi) is 7.26. The molecule has 1 aliphatic carbocycles. The van der Waals surface area contributed by atoms with E-state index in [1.807, 2.05) is 24.3 Å². The first-order valence-corrected chi connectivity index (χ1v) is 19.7. The standard InChI is InChI=1S/C54H33N3O/c1-2-14-34(15-3-1)39-21-11-25-48-50(39)51-45(24-12-26-49(51)58-48)54-56-52(37-28-27-33-13-4-5-17-36(33)31-37)55-53(57-54)44-20-9-8-19-40(44)41-22-10-23-42-43-30-29-35-16-6-7-18-38(35)46(43)32-47(41)42/h1-31H,32H2. The van der Waals surface area contributed by atoms with Crippen molar-refractivity contribution < 1.29 is 4.42 Å². The SMILES string of the molecule is c1ccc(-c2cccc3oc4cccc(-c5nc(-c6ccc7ccccc7c6)nc(-c6ccccc6-c6cccc7c6Cc6c-7ccc7ccccc67)n5)c4c23)cc1. The normalized spacial score (nSPS) is 12.1. The van der Waals surface area contributed by atoms with Gasteiger partial charge in [-0.2, -0.15) is 0 Å². The van der Waals surface area contributed by atoms with Gasteiger partial charge in [0.2, 0.25) is 0 Å². The summed E-state index contributed by atoms with van der Waals surface area (Å²) in [5.41, 5.74) is 14.2. The van der Waals surface area contributed by atoms with Crippen LogP contribution in [0.4, 0.5) is 0 Å². The number of fused-ring (bicyclic) bond motifs is 9. The Morgan fingerprint density at radius 3 is 1.71 bits per heavy atom. The van der Waals surface area contributed by atoms with Crippen LogP contribution in [0.1, 0.15) is 11.1 Å². The molecule has 0 saturated heterocycles. The highest BCUT2D eigenvalue weighted by Crippen LogP contribution is 2.46. The van der Waals surface area contributed by atoms with Gasteiger partial charge in [-0.3, -0.25) is 0 Å².